The van der Waals surface area contributed by atoms with Gasteiger partial charge in [-0.2, -0.15) is 9.97 Å². The van der Waals surface area contributed by atoms with Crippen LogP contribution in [0.4, 0.5) is 23.3 Å². The van der Waals surface area contributed by atoms with E-state index in [9.17, 15) is 0 Å². The van der Waals surface area contributed by atoms with Crippen molar-refractivity contribution in [1.82, 2.24) is 29.9 Å². The Labute approximate surface area is 294 Å². The van der Waals surface area contributed by atoms with Crippen LogP contribution in [0.5, 0.6) is 23.0 Å². The fourth-order valence-corrected chi connectivity index (χ4v) is 5.82. The van der Waals surface area contributed by atoms with Crippen LogP contribution in [0, 0.1) is 0 Å². The summed E-state index contributed by atoms with van der Waals surface area (Å²) >= 11 is 0. The summed E-state index contributed by atoms with van der Waals surface area (Å²) in [6.07, 6.45) is 4.50. The van der Waals surface area contributed by atoms with E-state index >= 15 is 0 Å². The van der Waals surface area contributed by atoms with Gasteiger partial charge in [0.05, 0.1) is 24.3 Å². The van der Waals surface area contributed by atoms with Gasteiger partial charge in [0.25, 0.3) is 0 Å². The summed E-state index contributed by atoms with van der Waals surface area (Å²) in [6, 6.07) is 27.7. The number of ether oxygens (including phenoxy) is 5. The topological polar surface area (TPSA) is 148 Å². The van der Waals surface area contributed by atoms with Gasteiger partial charge in [-0.15, -0.1) is 0 Å². The van der Waals surface area contributed by atoms with Crippen LogP contribution in [0.15, 0.2) is 97.6 Å². The first-order valence-corrected chi connectivity index (χ1v) is 16.7. The summed E-state index contributed by atoms with van der Waals surface area (Å²) in [7, 11) is 0. The van der Waals surface area contributed by atoms with E-state index in [1.807, 2.05) is 60.7 Å². The Morgan fingerprint density at radius 1 is 0.529 bits per heavy atom. The van der Waals surface area contributed by atoms with Crippen molar-refractivity contribution in [2.24, 2.45) is 0 Å². The standard InChI is InChI=1S/C38H34N8O5/c1-5-25(21-27(7-1)43-37-41-23-39-35(45-37)29-9-3-11-31-33(29)50-19-17-48-31)13-15-47-16-14-26-6-2-8-28(22-26)44-38-42-24-40-36(46-38)30-10-4-12-32-34(30)51-20-18-49-32/h1-12,21-24H,13-20H2,(H,39,41,43,45)(H,40,42,44,46). The van der Waals surface area contributed by atoms with Crippen LogP contribution < -0.4 is 29.6 Å². The average Bonchev–Trinajstić information content (AvgIpc) is 3.18. The van der Waals surface area contributed by atoms with Crippen molar-refractivity contribution in [3.05, 3.63) is 109 Å². The largest absolute Gasteiger partial charge is 0.486 e. The Bertz CT molecular complexity index is 2000. The molecule has 13 heteroatoms. The first kappa shape index (κ1) is 31.9. The van der Waals surface area contributed by atoms with Crippen molar-refractivity contribution in [3.8, 4) is 45.8 Å². The molecule has 0 bridgehead atoms. The highest BCUT2D eigenvalue weighted by Crippen LogP contribution is 2.39. The summed E-state index contributed by atoms with van der Waals surface area (Å²) in [4.78, 5) is 26.7. The highest BCUT2D eigenvalue weighted by molar-refractivity contribution is 5.71. The van der Waals surface area contributed by atoms with E-state index in [-0.39, 0.29) is 0 Å². The molecule has 4 heterocycles. The molecule has 8 rings (SSSR count). The predicted molar refractivity (Wildman–Crippen MR) is 190 cm³/mol. The first-order valence-electron chi connectivity index (χ1n) is 16.7. The zero-order valence-electron chi connectivity index (χ0n) is 27.6. The summed E-state index contributed by atoms with van der Waals surface area (Å²) < 4.78 is 29.1. The minimum Gasteiger partial charge on any atom is -0.486 e. The van der Waals surface area contributed by atoms with Crippen molar-refractivity contribution in [3.63, 3.8) is 0 Å². The fraction of sp³-hybridized carbons (Fsp3) is 0.211. The number of aromatic nitrogens is 6. The molecular formula is C38H34N8O5. The lowest BCUT2D eigenvalue weighted by Gasteiger charge is -2.20. The number of hydrogen-bond donors (Lipinski definition) is 2. The van der Waals surface area contributed by atoms with Crippen LogP contribution in [0.1, 0.15) is 11.1 Å². The molecule has 2 aromatic heterocycles. The second-order valence-corrected chi connectivity index (χ2v) is 11.7. The van der Waals surface area contributed by atoms with E-state index in [2.05, 4.69) is 64.8 Å². The molecule has 51 heavy (non-hydrogen) atoms. The van der Waals surface area contributed by atoms with E-state index in [0.29, 0.717) is 86.2 Å². The average molecular weight is 683 g/mol. The summed E-state index contributed by atoms with van der Waals surface area (Å²) in [5.74, 6) is 4.57. The third-order valence-corrected chi connectivity index (χ3v) is 8.19. The minimum absolute atomic E-state index is 0.440. The fourth-order valence-electron chi connectivity index (χ4n) is 5.82. The zero-order valence-corrected chi connectivity index (χ0v) is 27.6. The number of nitrogens with zero attached hydrogens (tertiary/aromatic N) is 6. The summed E-state index contributed by atoms with van der Waals surface area (Å²) in [6.45, 7) is 3.17. The monoisotopic (exact) mass is 682 g/mol. The van der Waals surface area contributed by atoms with Gasteiger partial charge in [-0.3, -0.25) is 0 Å². The van der Waals surface area contributed by atoms with Crippen molar-refractivity contribution >= 4 is 23.3 Å². The van der Waals surface area contributed by atoms with Crippen molar-refractivity contribution in [2.45, 2.75) is 12.8 Å². The second-order valence-electron chi connectivity index (χ2n) is 11.7. The second kappa shape index (κ2) is 15.0. The molecule has 6 aromatic rings. The molecule has 0 amide bonds. The SMILES string of the molecule is c1cc(CCOCCc2cccc(Nc3ncnc(-c4cccc5c4OCCO5)n3)c2)cc(Nc2ncnc(-c3cccc4c3OCCO4)n2)c1. The number of fused-ring (bicyclic) bond motifs is 2. The van der Waals surface area contributed by atoms with Crippen LogP contribution >= 0.6 is 0 Å². The van der Waals surface area contributed by atoms with E-state index in [1.54, 1.807) is 0 Å². The third-order valence-electron chi connectivity index (χ3n) is 8.19. The number of hydrogen-bond acceptors (Lipinski definition) is 13. The molecular weight excluding hydrogens is 648 g/mol. The Kier molecular flexibility index (Phi) is 9.41. The molecule has 2 aliphatic heterocycles. The molecule has 256 valence electrons. The van der Waals surface area contributed by atoms with Crippen LogP contribution in [0.3, 0.4) is 0 Å². The minimum atomic E-state index is 0.440. The molecule has 0 saturated carbocycles. The van der Waals surface area contributed by atoms with Crippen LogP contribution in [0.2, 0.25) is 0 Å². The van der Waals surface area contributed by atoms with Gasteiger partial charge in [-0.1, -0.05) is 36.4 Å². The highest BCUT2D eigenvalue weighted by atomic mass is 16.6. The molecule has 2 N–H and O–H groups in total. The van der Waals surface area contributed by atoms with Gasteiger partial charge in [-0.05, 0) is 72.5 Å². The molecule has 0 fully saturated rings. The Morgan fingerprint density at radius 3 is 1.51 bits per heavy atom. The molecule has 0 saturated heterocycles. The van der Waals surface area contributed by atoms with Crippen molar-refractivity contribution in [1.29, 1.82) is 0 Å². The van der Waals surface area contributed by atoms with Gasteiger partial charge in [0.15, 0.2) is 34.6 Å². The van der Waals surface area contributed by atoms with E-state index in [4.69, 9.17) is 23.7 Å². The van der Waals surface area contributed by atoms with Gasteiger partial charge in [0.1, 0.15) is 39.1 Å². The van der Waals surface area contributed by atoms with E-state index < -0.39 is 0 Å². The van der Waals surface area contributed by atoms with Crippen molar-refractivity contribution in [2.75, 3.05) is 50.3 Å². The van der Waals surface area contributed by atoms with E-state index in [0.717, 1.165) is 46.5 Å². The smallest absolute Gasteiger partial charge is 0.230 e. The number of nitrogens with one attached hydrogen (secondary N) is 2. The molecule has 0 spiro atoms. The lowest BCUT2D eigenvalue weighted by molar-refractivity contribution is 0.140. The van der Waals surface area contributed by atoms with Gasteiger partial charge >= 0.3 is 0 Å². The van der Waals surface area contributed by atoms with Crippen LogP contribution in [0.25, 0.3) is 22.8 Å². The zero-order chi connectivity index (χ0) is 34.2. The normalized spacial score (nSPS) is 13.0. The predicted octanol–water partition coefficient (Wildman–Crippen LogP) is 6.22. The maximum atomic E-state index is 6.03. The number of benzene rings is 4. The van der Waals surface area contributed by atoms with E-state index in [1.165, 1.54) is 12.7 Å². The van der Waals surface area contributed by atoms with Crippen LogP contribution in [-0.4, -0.2) is 69.5 Å². The molecule has 4 aromatic carbocycles. The molecule has 0 aliphatic carbocycles. The summed E-state index contributed by atoms with van der Waals surface area (Å²) in [5, 5.41) is 6.60. The number of anilines is 4. The Balaban J connectivity index is 0.831. The Morgan fingerprint density at radius 2 is 1.00 bits per heavy atom. The van der Waals surface area contributed by atoms with Gasteiger partial charge in [-0.25, -0.2) is 19.9 Å². The van der Waals surface area contributed by atoms with Gasteiger partial charge in [0, 0.05) is 11.4 Å². The lowest BCUT2D eigenvalue weighted by Crippen LogP contribution is -2.16. The van der Waals surface area contributed by atoms with Crippen LogP contribution in [-0.2, 0) is 17.6 Å². The molecule has 0 atom stereocenters. The number of rotatable bonds is 12. The van der Waals surface area contributed by atoms with Gasteiger partial charge in [0.2, 0.25) is 11.9 Å². The molecule has 0 radical (unpaired) electrons. The Hall–Kier alpha value is -6.34. The first-order chi connectivity index (χ1) is 25.2. The maximum Gasteiger partial charge on any atom is 0.230 e. The highest BCUT2D eigenvalue weighted by Gasteiger charge is 2.20. The number of para-hydroxylation sites is 2. The third kappa shape index (κ3) is 7.63. The van der Waals surface area contributed by atoms with Crippen molar-refractivity contribution < 1.29 is 23.7 Å². The lowest BCUT2D eigenvalue weighted by atomic mass is 10.1. The molecule has 2 aliphatic rings. The maximum absolute atomic E-state index is 6.03. The molecule has 0 unspecified atom stereocenters. The molecule has 13 nitrogen and oxygen atoms in total. The van der Waals surface area contributed by atoms with Gasteiger partial charge < -0.3 is 34.3 Å². The quantitative estimate of drug-likeness (QED) is 0.141. The summed E-state index contributed by atoms with van der Waals surface area (Å²) in [5.41, 5.74) is 5.54.